The highest BCUT2D eigenvalue weighted by Gasteiger charge is 2.37. The maximum absolute atomic E-state index is 12.3. The van der Waals surface area contributed by atoms with Gasteiger partial charge in [-0.05, 0) is 31.5 Å². The average molecular weight is 460 g/mol. The van der Waals surface area contributed by atoms with Crippen molar-refractivity contribution in [1.29, 1.82) is 0 Å². The number of carbonyl (C=O) groups is 2. The van der Waals surface area contributed by atoms with Crippen molar-refractivity contribution in [3.63, 3.8) is 0 Å². The number of pyridine rings is 1. The number of amides is 1. The monoisotopic (exact) mass is 459 g/mol. The Hall–Kier alpha value is -3.59. The second-order valence-corrected chi connectivity index (χ2v) is 9.21. The first-order chi connectivity index (χ1) is 16.4. The largest absolute Gasteiger partial charge is 0.365 e. The third kappa shape index (κ3) is 4.07. The Morgan fingerprint density at radius 3 is 2.76 bits per heavy atom. The van der Waals surface area contributed by atoms with Gasteiger partial charge in [-0.3, -0.25) is 14.7 Å². The molecule has 1 fully saturated rings. The quantitative estimate of drug-likeness (QED) is 0.562. The Labute approximate surface area is 198 Å². The van der Waals surface area contributed by atoms with Crippen LogP contribution in [0.15, 0.2) is 36.5 Å². The van der Waals surface area contributed by atoms with Gasteiger partial charge in [0.2, 0.25) is 11.9 Å². The Morgan fingerprint density at radius 2 is 2.00 bits per heavy atom. The average Bonchev–Trinajstić information content (AvgIpc) is 3.23. The van der Waals surface area contributed by atoms with Gasteiger partial charge in [0.05, 0.1) is 17.8 Å². The van der Waals surface area contributed by atoms with E-state index in [0.29, 0.717) is 37.9 Å². The molecule has 1 unspecified atom stereocenters. The summed E-state index contributed by atoms with van der Waals surface area (Å²) in [6.07, 6.45) is 2.82. The van der Waals surface area contributed by atoms with E-state index in [4.69, 9.17) is 9.97 Å². The number of aromatic nitrogens is 3. The Kier molecular flexibility index (Phi) is 5.87. The lowest BCUT2D eigenvalue weighted by Gasteiger charge is -2.32. The van der Waals surface area contributed by atoms with E-state index in [2.05, 4.69) is 35.1 Å². The van der Waals surface area contributed by atoms with Crippen molar-refractivity contribution < 1.29 is 9.59 Å². The minimum Gasteiger partial charge on any atom is -0.365 e. The minimum absolute atomic E-state index is 0.0304. The maximum Gasteiger partial charge on any atom is 0.242 e. The zero-order valence-corrected chi connectivity index (χ0v) is 19.7. The molecule has 2 aromatic heterocycles. The number of anilines is 2. The molecule has 1 atom stereocenters. The fourth-order valence-corrected chi connectivity index (χ4v) is 4.59. The van der Waals surface area contributed by atoms with Crippen LogP contribution in [-0.2, 0) is 22.7 Å². The number of rotatable bonds is 6. The number of carbonyl (C=O) groups excluding carboxylic acids is 2. The standard InChI is InChI=1S/C25H29N7O2/c1-16(2)32-13-19-23(21(32)15-33)28-25(31-9-8-30(3)22(34)14-31)29-24(19)27-12-17-10-18-6-4-5-7-20(18)26-11-17/h4-7,10-11,15-16,21H,8-9,12-14H2,1-3H3,(H,27,28,29). The van der Waals surface area contributed by atoms with Gasteiger partial charge < -0.3 is 19.9 Å². The molecule has 5 rings (SSSR count). The molecular formula is C25H29N7O2. The predicted molar refractivity (Wildman–Crippen MR) is 130 cm³/mol. The molecular weight excluding hydrogens is 430 g/mol. The van der Waals surface area contributed by atoms with Gasteiger partial charge in [0.1, 0.15) is 18.1 Å². The summed E-state index contributed by atoms with van der Waals surface area (Å²) in [6.45, 7) is 6.76. The summed E-state index contributed by atoms with van der Waals surface area (Å²) in [5, 5.41) is 4.56. The Bertz CT molecular complexity index is 1250. The molecule has 1 saturated heterocycles. The van der Waals surface area contributed by atoms with E-state index in [1.54, 1.807) is 11.9 Å². The maximum atomic E-state index is 12.3. The van der Waals surface area contributed by atoms with Gasteiger partial charge in [-0.15, -0.1) is 0 Å². The van der Waals surface area contributed by atoms with Gasteiger partial charge in [0, 0.05) is 56.4 Å². The first kappa shape index (κ1) is 22.2. The molecule has 3 aromatic rings. The van der Waals surface area contributed by atoms with Gasteiger partial charge in [0.15, 0.2) is 0 Å². The van der Waals surface area contributed by atoms with Crippen molar-refractivity contribution in [2.75, 3.05) is 36.9 Å². The summed E-state index contributed by atoms with van der Waals surface area (Å²) in [4.78, 5) is 44.3. The number of likely N-dealkylation sites (N-methyl/N-ethyl adjacent to an activating group) is 1. The summed E-state index contributed by atoms with van der Waals surface area (Å²) < 4.78 is 0. The number of para-hydroxylation sites is 1. The van der Waals surface area contributed by atoms with E-state index in [1.807, 2.05) is 35.4 Å². The second-order valence-electron chi connectivity index (χ2n) is 9.21. The molecule has 0 bridgehead atoms. The Morgan fingerprint density at radius 1 is 1.18 bits per heavy atom. The number of nitrogens with zero attached hydrogens (tertiary/aromatic N) is 6. The number of fused-ring (bicyclic) bond motifs is 2. The molecule has 0 aliphatic carbocycles. The minimum atomic E-state index is -0.428. The molecule has 34 heavy (non-hydrogen) atoms. The number of hydrogen-bond donors (Lipinski definition) is 1. The highest BCUT2D eigenvalue weighted by molar-refractivity contribution is 5.82. The van der Waals surface area contributed by atoms with Crippen LogP contribution in [0.1, 0.15) is 36.7 Å². The summed E-state index contributed by atoms with van der Waals surface area (Å²) in [5.74, 6) is 1.22. The molecule has 4 heterocycles. The van der Waals surface area contributed by atoms with E-state index in [9.17, 15) is 9.59 Å². The Balaban J connectivity index is 1.49. The third-order valence-electron chi connectivity index (χ3n) is 6.64. The zero-order chi connectivity index (χ0) is 23.8. The first-order valence-corrected chi connectivity index (χ1v) is 11.6. The van der Waals surface area contributed by atoms with E-state index < -0.39 is 6.04 Å². The summed E-state index contributed by atoms with van der Waals surface area (Å²) in [7, 11) is 1.80. The number of nitrogens with one attached hydrogen (secondary N) is 1. The summed E-state index contributed by atoms with van der Waals surface area (Å²) >= 11 is 0. The normalized spacial score (nSPS) is 18.6. The van der Waals surface area contributed by atoms with Crippen LogP contribution in [0.2, 0.25) is 0 Å². The van der Waals surface area contributed by atoms with Crippen molar-refractivity contribution in [1.82, 2.24) is 24.8 Å². The molecule has 1 amide bonds. The van der Waals surface area contributed by atoms with Crippen LogP contribution in [0, 0.1) is 0 Å². The van der Waals surface area contributed by atoms with Gasteiger partial charge in [0.25, 0.3) is 0 Å². The third-order valence-corrected chi connectivity index (χ3v) is 6.64. The lowest BCUT2D eigenvalue weighted by molar-refractivity contribution is -0.129. The molecule has 1 N–H and O–H groups in total. The van der Waals surface area contributed by atoms with Crippen LogP contribution in [0.5, 0.6) is 0 Å². The van der Waals surface area contributed by atoms with Crippen LogP contribution >= 0.6 is 0 Å². The van der Waals surface area contributed by atoms with Crippen molar-refractivity contribution in [3.05, 3.63) is 53.3 Å². The summed E-state index contributed by atoms with van der Waals surface area (Å²) in [6, 6.07) is 9.89. The molecule has 0 spiro atoms. The molecule has 1 aromatic carbocycles. The van der Waals surface area contributed by atoms with Crippen molar-refractivity contribution >= 4 is 34.9 Å². The van der Waals surface area contributed by atoms with Crippen molar-refractivity contribution in [2.45, 2.75) is 39.0 Å². The van der Waals surface area contributed by atoms with E-state index in [1.165, 1.54) is 0 Å². The molecule has 176 valence electrons. The van der Waals surface area contributed by atoms with Gasteiger partial charge >= 0.3 is 0 Å². The highest BCUT2D eigenvalue weighted by Crippen LogP contribution is 2.37. The number of aldehydes is 1. The van der Waals surface area contributed by atoms with Gasteiger partial charge in [-0.1, -0.05) is 18.2 Å². The van der Waals surface area contributed by atoms with Crippen molar-refractivity contribution in [2.24, 2.45) is 0 Å². The highest BCUT2D eigenvalue weighted by atomic mass is 16.2. The van der Waals surface area contributed by atoms with E-state index in [0.717, 1.165) is 34.0 Å². The van der Waals surface area contributed by atoms with Crippen LogP contribution in [0.3, 0.4) is 0 Å². The predicted octanol–water partition coefficient (Wildman–Crippen LogP) is 2.38. The first-order valence-electron chi connectivity index (χ1n) is 11.6. The fourth-order valence-electron chi connectivity index (χ4n) is 4.59. The smallest absolute Gasteiger partial charge is 0.242 e. The number of hydrogen-bond acceptors (Lipinski definition) is 8. The SMILES string of the molecule is CC(C)N1Cc2c(NCc3cnc4ccccc4c3)nc(N3CCN(C)C(=O)C3)nc2C1C=O. The van der Waals surface area contributed by atoms with E-state index in [-0.39, 0.29) is 18.5 Å². The molecule has 9 nitrogen and oxygen atoms in total. The number of benzene rings is 1. The van der Waals surface area contributed by atoms with Gasteiger partial charge in [-0.2, -0.15) is 4.98 Å². The second kappa shape index (κ2) is 8.98. The van der Waals surface area contributed by atoms with Crippen molar-refractivity contribution in [3.8, 4) is 0 Å². The molecule has 0 radical (unpaired) electrons. The molecule has 0 saturated carbocycles. The number of piperazine rings is 1. The van der Waals surface area contributed by atoms with Crippen LogP contribution in [0.4, 0.5) is 11.8 Å². The lowest BCUT2D eigenvalue weighted by atomic mass is 10.1. The topological polar surface area (TPSA) is 94.6 Å². The lowest BCUT2D eigenvalue weighted by Crippen LogP contribution is -2.49. The molecule has 2 aliphatic heterocycles. The fraction of sp³-hybridized carbons (Fsp3) is 0.400. The molecule has 2 aliphatic rings. The van der Waals surface area contributed by atoms with Crippen LogP contribution in [0.25, 0.3) is 10.9 Å². The van der Waals surface area contributed by atoms with E-state index >= 15 is 0 Å². The van der Waals surface area contributed by atoms with Crippen LogP contribution in [-0.4, -0.2) is 69.7 Å². The van der Waals surface area contributed by atoms with Gasteiger partial charge in [-0.25, -0.2) is 4.98 Å². The zero-order valence-electron chi connectivity index (χ0n) is 19.7. The summed E-state index contributed by atoms with van der Waals surface area (Å²) in [5.41, 5.74) is 3.65. The molecule has 9 heteroatoms. The van der Waals surface area contributed by atoms with Crippen LogP contribution < -0.4 is 10.2 Å².